The number of nitrogens with zero attached hydrogens (tertiary/aromatic N) is 1. The van der Waals surface area contributed by atoms with Gasteiger partial charge in [0.25, 0.3) is 0 Å². The Morgan fingerprint density at radius 1 is 0.852 bits per heavy atom. The van der Waals surface area contributed by atoms with E-state index in [0.29, 0.717) is 6.54 Å². The van der Waals surface area contributed by atoms with Gasteiger partial charge in [-0.1, -0.05) is 84.9 Å². The summed E-state index contributed by atoms with van der Waals surface area (Å²) in [5, 5.41) is 11.4. The molecule has 3 atom stereocenters. The molecule has 0 spiro atoms. The second-order valence-electron chi connectivity index (χ2n) is 7.33. The van der Waals surface area contributed by atoms with Crippen LogP contribution >= 0.6 is 0 Å². The van der Waals surface area contributed by atoms with E-state index in [1.807, 2.05) is 67.7 Å². The number of β-amino-alcohol motifs (C(OH)–C–C–N with tert-alkyl or cyclic N) is 1. The summed E-state index contributed by atoms with van der Waals surface area (Å²) in [6.07, 6.45) is -0.191. The molecular weight excluding hydrogens is 334 g/mol. The highest BCUT2D eigenvalue weighted by Gasteiger charge is 2.43. The van der Waals surface area contributed by atoms with Gasteiger partial charge in [-0.15, -0.1) is 0 Å². The lowest BCUT2D eigenvalue weighted by Gasteiger charge is -2.46. The number of rotatable bonds is 3. The van der Waals surface area contributed by atoms with E-state index in [-0.39, 0.29) is 12.1 Å². The first-order chi connectivity index (χ1) is 13.1. The van der Waals surface area contributed by atoms with Crippen LogP contribution in [0, 0.1) is 0 Å². The van der Waals surface area contributed by atoms with Crippen LogP contribution in [0.3, 0.4) is 0 Å². The molecule has 0 radical (unpaired) electrons. The highest BCUT2D eigenvalue weighted by molar-refractivity contribution is 5.63. The molecule has 1 N–H and O–H groups in total. The van der Waals surface area contributed by atoms with Gasteiger partial charge in [0.1, 0.15) is 6.10 Å². The highest BCUT2D eigenvalue weighted by Crippen LogP contribution is 2.39. The van der Waals surface area contributed by atoms with Gasteiger partial charge in [0.15, 0.2) is 0 Å². The molecule has 1 heterocycles. The molecule has 0 saturated carbocycles. The monoisotopic (exact) mass is 359 g/mol. The van der Waals surface area contributed by atoms with Crippen LogP contribution in [0.5, 0.6) is 0 Å². The molecule has 3 nitrogen and oxygen atoms in total. The molecule has 27 heavy (non-hydrogen) atoms. The first kappa shape index (κ1) is 17.9. The van der Waals surface area contributed by atoms with Crippen LogP contribution in [0.25, 0.3) is 11.1 Å². The Balaban J connectivity index is 1.64. The first-order valence-corrected chi connectivity index (χ1v) is 9.38. The van der Waals surface area contributed by atoms with E-state index in [1.165, 1.54) is 0 Å². The summed E-state index contributed by atoms with van der Waals surface area (Å²) in [4.78, 5) is 2.16. The van der Waals surface area contributed by atoms with Crippen molar-refractivity contribution < 1.29 is 9.84 Å². The topological polar surface area (TPSA) is 32.7 Å². The van der Waals surface area contributed by atoms with Crippen LogP contribution in [-0.2, 0) is 10.5 Å². The molecule has 1 fully saturated rings. The van der Waals surface area contributed by atoms with E-state index >= 15 is 0 Å². The molecule has 0 aromatic heterocycles. The van der Waals surface area contributed by atoms with Crippen molar-refractivity contribution in [1.29, 1.82) is 0 Å². The van der Waals surface area contributed by atoms with Gasteiger partial charge in [-0.25, -0.2) is 0 Å². The number of aliphatic hydroxyl groups is 1. The number of ether oxygens (including phenoxy) is 1. The lowest BCUT2D eigenvalue weighted by molar-refractivity contribution is -0.289. The first-order valence-electron chi connectivity index (χ1n) is 9.38. The third-order valence-electron chi connectivity index (χ3n) is 5.49. The smallest absolute Gasteiger partial charge is 0.206 e. The lowest BCUT2D eigenvalue weighted by atomic mass is 9.94. The van der Waals surface area contributed by atoms with Crippen LogP contribution in [0.15, 0.2) is 84.9 Å². The van der Waals surface area contributed by atoms with Crippen molar-refractivity contribution >= 4 is 0 Å². The van der Waals surface area contributed by atoms with E-state index in [2.05, 4.69) is 36.1 Å². The maximum atomic E-state index is 11.4. The van der Waals surface area contributed by atoms with E-state index in [4.69, 9.17) is 4.74 Å². The molecule has 0 unspecified atom stereocenters. The quantitative estimate of drug-likeness (QED) is 0.742. The second kappa shape index (κ2) is 7.28. The fourth-order valence-electron chi connectivity index (χ4n) is 3.76. The zero-order valence-electron chi connectivity index (χ0n) is 15.7. The van der Waals surface area contributed by atoms with Crippen molar-refractivity contribution in [2.24, 2.45) is 0 Å². The van der Waals surface area contributed by atoms with Gasteiger partial charge >= 0.3 is 0 Å². The Morgan fingerprint density at radius 2 is 1.41 bits per heavy atom. The fraction of sp³-hybridized carbons (Fsp3) is 0.250. The summed E-state index contributed by atoms with van der Waals surface area (Å²) in [5.74, 6) is -1.34. The van der Waals surface area contributed by atoms with Gasteiger partial charge in [-0.05, 0) is 30.7 Å². The maximum absolute atomic E-state index is 11.4. The van der Waals surface area contributed by atoms with E-state index in [0.717, 1.165) is 22.3 Å². The van der Waals surface area contributed by atoms with E-state index < -0.39 is 5.79 Å². The third-order valence-corrected chi connectivity index (χ3v) is 5.49. The van der Waals surface area contributed by atoms with Gasteiger partial charge in [-0.2, -0.15) is 0 Å². The summed E-state index contributed by atoms with van der Waals surface area (Å²) in [7, 11) is 2.03. The minimum atomic E-state index is -1.34. The van der Waals surface area contributed by atoms with Crippen LogP contribution in [0.1, 0.15) is 24.2 Å². The van der Waals surface area contributed by atoms with Crippen LogP contribution in [-0.4, -0.2) is 29.6 Å². The molecular formula is C24H25NO2. The van der Waals surface area contributed by atoms with Crippen LogP contribution in [0.4, 0.5) is 0 Å². The lowest BCUT2D eigenvalue weighted by Crippen LogP contribution is -2.53. The molecule has 1 aliphatic heterocycles. The Hall–Kier alpha value is -2.46. The summed E-state index contributed by atoms with van der Waals surface area (Å²) in [6, 6.07) is 28.6. The van der Waals surface area contributed by atoms with Crippen molar-refractivity contribution in [3.63, 3.8) is 0 Å². The SMILES string of the molecule is C[C@@H]1[C@@H](c2ccccc2)O[C@@](O)(c2ccc(-c3ccccc3)cc2)CN1C. The molecule has 3 aromatic rings. The second-order valence-corrected chi connectivity index (χ2v) is 7.33. The molecule has 0 amide bonds. The Morgan fingerprint density at radius 3 is 2.04 bits per heavy atom. The van der Waals surface area contributed by atoms with Crippen molar-refractivity contribution in [3.05, 3.63) is 96.1 Å². The molecule has 0 aliphatic carbocycles. The third kappa shape index (κ3) is 3.54. The van der Waals surface area contributed by atoms with Crippen molar-refractivity contribution in [1.82, 2.24) is 4.90 Å². The van der Waals surface area contributed by atoms with Crippen molar-refractivity contribution in [3.8, 4) is 11.1 Å². The average molecular weight is 359 g/mol. The molecule has 1 aliphatic rings. The van der Waals surface area contributed by atoms with Gasteiger partial charge in [0.2, 0.25) is 5.79 Å². The predicted molar refractivity (Wildman–Crippen MR) is 108 cm³/mol. The average Bonchev–Trinajstić information content (AvgIpc) is 2.72. The van der Waals surface area contributed by atoms with E-state index in [1.54, 1.807) is 0 Å². The summed E-state index contributed by atoms with van der Waals surface area (Å²) >= 11 is 0. The highest BCUT2D eigenvalue weighted by atomic mass is 16.6. The zero-order valence-corrected chi connectivity index (χ0v) is 15.7. The number of morpholine rings is 1. The normalized spacial score (nSPS) is 26.0. The van der Waals surface area contributed by atoms with Gasteiger partial charge in [0.05, 0.1) is 6.54 Å². The summed E-state index contributed by atoms with van der Waals surface area (Å²) in [5.41, 5.74) is 4.14. The van der Waals surface area contributed by atoms with E-state index in [9.17, 15) is 5.11 Å². The molecule has 4 rings (SSSR count). The summed E-state index contributed by atoms with van der Waals surface area (Å²) < 4.78 is 6.29. The standard InChI is InChI=1S/C24H25NO2/c1-18-23(21-11-7-4-8-12-21)27-24(26,17-25(18)2)22-15-13-20(14-16-22)19-9-5-3-6-10-19/h3-16,18,23,26H,17H2,1-2H3/t18-,23+,24-/m1/s1. The zero-order chi connectivity index (χ0) is 18.9. The van der Waals surface area contributed by atoms with Crippen molar-refractivity contribution in [2.75, 3.05) is 13.6 Å². The number of hydrogen-bond donors (Lipinski definition) is 1. The fourth-order valence-corrected chi connectivity index (χ4v) is 3.76. The Kier molecular flexibility index (Phi) is 4.83. The predicted octanol–water partition coefficient (Wildman–Crippen LogP) is 4.59. The molecule has 138 valence electrons. The van der Waals surface area contributed by atoms with Crippen LogP contribution in [0.2, 0.25) is 0 Å². The molecule has 3 aromatic carbocycles. The number of hydrogen-bond acceptors (Lipinski definition) is 3. The largest absolute Gasteiger partial charge is 0.361 e. The van der Waals surface area contributed by atoms with Crippen LogP contribution < -0.4 is 0 Å². The van der Waals surface area contributed by atoms with Gasteiger partial charge in [-0.3, -0.25) is 4.90 Å². The van der Waals surface area contributed by atoms with Gasteiger partial charge < -0.3 is 9.84 Å². The van der Waals surface area contributed by atoms with Crippen molar-refractivity contribution in [2.45, 2.75) is 24.9 Å². The molecule has 3 heteroatoms. The molecule has 0 bridgehead atoms. The summed E-state index contributed by atoms with van der Waals surface area (Å²) in [6.45, 7) is 2.57. The number of benzene rings is 3. The minimum absolute atomic E-state index is 0.177. The minimum Gasteiger partial charge on any atom is -0.361 e. The molecule has 1 saturated heterocycles. The Bertz CT molecular complexity index is 879. The number of likely N-dealkylation sites (N-methyl/N-ethyl adjacent to an activating group) is 1. The Labute approximate surface area is 160 Å². The maximum Gasteiger partial charge on any atom is 0.206 e. The van der Waals surface area contributed by atoms with Gasteiger partial charge in [0, 0.05) is 11.6 Å².